The van der Waals surface area contributed by atoms with Crippen LogP contribution in [0.5, 0.6) is 0 Å². The van der Waals surface area contributed by atoms with E-state index in [4.69, 9.17) is 4.74 Å². The van der Waals surface area contributed by atoms with Gasteiger partial charge < -0.3 is 4.74 Å². The lowest BCUT2D eigenvalue weighted by Gasteiger charge is -2.23. The van der Waals surface area contributed by atoms with Crippen LogP contribution in [0, 0.1) is 5.92 Å². The number of carbonyl (C=O) groups excluding carboxylic acids is 1. The summed E-state index contributed by atoms with van der Waals surface area (Å²) in [5.74, 6) is 1.16. The summed E-state index contributed by atoms with van der Waals surface area (Å²) in [5.41, 5.74) is 2.70. The van der Waals surface area contributed by atoms with E-state index in [0.717, 1.165) is 18.4 Å². The Kier molecular flexibility index (Phi) is 3.43. The topological polar surface area (TPSA) is 38.7 Å². The van der Waals surface area contributed by atoms with Crippen LogP contribution in [0.1, 0.15) is 50.2 Å². The molecule has 2 aliphatic rings. The van der Waals surface area contributed by atoms with Gasteiger partial charge in [0.1, 0.15) is 0 Å². The molecule has 0 saturated heterocycles. The van der Waals surface area contributed by atoms with Crippen molar-refractivity contribution in [2.75, 3.05) is 0 Å². The third-order valence-electron chi connectivity index (χ3n) is 4.00. The number of ether oxygens (including phenoxy) is 1. The van der Waals surface area contributed by atoms with Crippen LogP contribution < -0.4 is 0 Å². The normalized spacial score (nSPS) is 21.1. The third kappa shape index (κ3) is 2.53. The Morgan fingerprint density at radius 1 is 1.25 bits per heavy atom. The number of hydrogen-bond donors (Lipinski definition) is 0. The minimum atomic E-state index is -0.320. The van der Waals surface area contributed by atoms with E-state index in [9.17, 15) is 4.79 Å². The second-order valence-electron chi connectivity index (χ2n) is 5.82. The molecule has 20 heavy (non-hydrogen) atoms. The zero-order valence-electron chi connectivity index (χ0n) is 11.9. The number of benzene rings is 1. The van der Waals surface area contributed by atoms with E-state index >= 15 is 0 Å². The monoisotopic (exact) mass is 269 g/mol. The first-order chi connectivity index (χ1) is 9.63. The van der Waals surface area contributed by atoms with Crippen molar-refractivity contribution >= 4 is 17.9 Å². The van der Waals surface area contributed by atoms with Gasteiger partial charge in [-0.05, 0) is 36.0 Å². The summed E-state index contributed by atoms with van der Waals surface area (Å²) in [5, 5.41) is 0. The molecule has 0 unspecified atom stereocenters. The van der Waals surface area contributed by atoms with E-state index in [1.165, 1.54) is 12.0 Å². The first-order valence-electron chi connectivity index (χ1n) is 7.26. The highest BCUT2D eigenvalue weighted by Crippen LogP contribution is 2.31. The highest BCUT2D eigenvalue weighted by Gasteiger charge is 2.32. The van der Waals surface area contributed by atoms with Crippen molar-refractivity contribution < 1.29 is 9.53 Å². The van der Waals surface area contributed by atoms with Crippen molar-refractivity contribution in [3.63, 3.8) is 0 Å². The van der Waals surface area contributed by atoms with Gasteiger partial charge in [0.2, 0.25) is 5.90 Å². The van der Waals surface area contributed by atoms with Crippen LogP contribution in [-0.2, 0) is 9.53 Å². The molecule has 0 aromatic heterocycles. The van der Waals surface area contributed by atoms with Crippen molar-refractivity contribution in [3.05, 3.63) is 41.1 Å². The molecule has 0 atom stereocenters. The van der Waals surface area contributed by atoms with Gasteiger partial charge in [-0.25, -0.2) is 9.79 Å². The lowest BCUT2D eigenvalue weighted by Crippen LogP contribution is -2.22. The molecule has 0 spiro atoms. The molecule has 1 saturated carbocycles. The minimum absolute atomic E-state index is 0.320. The van der Waals surface area contributed by atoms with E-state index in [1.54, 1.807) is 6.08 Å². The Hall–Kier alpha value is -1.90. The van der Waals surface area contributed by atoms with Crippen molar-refractivity contribution in [1.82, 2.24) is 0 Å². The number of rotatable bonds is 3. The molecule has 1 fully saturated rings. The summed E-state index contributed by atoms with van der Waals surface area (Å²) >= 11 is 0. The molecule has 3 heteroatoms. The molecule has 0 amide bonds. The van der Waals surface area contributed by atoms with Gasteiger partial charge in [0, 0.05) is 5.92 Å². The molecular weight excluding hydrogens is 250 g/mol. The lowest BCUT2D eigenvalue weighted by atomic mass is 9.85. The van der Waals surface area contributed by atoms with Crippen LogP contribution in [-0.4, -0.2) is 11.9 Å². The Morgan fingerprint density at radius 2 is 1.95 bits per heavy atom. The Balaban J connectivity index is 1.80. The number of carbonyl (C=O) groups is 1. The maximum Gasteiger partial charge on any atom is 0.363 e. The number of hydrogen-bond acceptors (Lipinski definition) is 3. The fourth-order valence-corrected chi connectivity index (χ4v) is 2.39. The lowest BCUT2D eigenvalue weighted by molar-refractivity contribution is -0.130. The smallest absolute Gasteiger partial charge is 0.363 e. The van der Waals surface area contributed by atoms with Crippen LogP contribution in [0.4, 0.5) is 0 Å². The summed E-state index contributed by atoms with van der Waals surface area (Å²) < 4.78 is 5.25. The van der Waals surface area contributed by atoms with E-state index in [0.29, 0.717) is 23.4 Å². The third-order valence-corrected chi connectivity index (χ3v) is 4.00. The molecular formula is C17H19NO2. The molecule has 0 N–H and O–H groups in total. The maximum absolute atomic E-state index is 11.8. The molecule has 1 aromatic carbocycles. The number of esters is 1. The van der Waals surface area contributed by atoms with Crippen LogP contribution >= 0.6 is 0 Å². The summed E-state index contributed by atoms with van der Waals surface area (Å²) in [6, 6.07) is 8.22. The maximum atomic E-state index is 11.8. The molecule has 104 valence electrons. The predicted molar refractivity (Wildman–Crippen MR) is 79.4 cm³/mol. The van der Waals surface area contributed by atoms with E-state index in [-0.39, 0.29) is 5.97 Å². The largest absolute Gasteiger partial charge is 0.406 e. The van der Waals surface area contributed by atoms with E-state index < -0.39 is 0 Å². The summed E-state index contributed by atoms with van der Waals surface area (Å²) in [6.07, 6.45) is 5.18. The standard InChI is InChI=1S/C17H19NO2/c1-11(2)13-8-6-12(7-9-13)10-15-17(19)20-16(18-15)14-4-3-5-14/h6-11,14H,3-5H2,1-2H3/b15-10+. The molecule has 1 heterocycles. The SMILES string of the molecule is CC(C)c1ccc(/C=C2/N=C(C3CCC3)OC2=O)cc1. The van der Waals surface area contributed by atoms with E-state index in [1.807, 2.05) is 12.1 Å². The second kappa shape index (κ2) is 5.23. The van der Waals surface area contributed by atoms with Crippen LogP contribution in [0.15, 0.2) is 35.0 Å². The number of cyclic esters (lactones) is 1. The van der Waals surface area contributed by atoms with Crippen LogP contribution in [0.2, 0.25) is 0 Å². The highest BCUT2D eigenvalue weighted by atomic mass is 16.6. The van der Waals surface area contributed by atoms with Gasteiger partial charge in [0.05, 0.1) is 0 Å². The average Bonchev–Trinajstić information content (AvgIpc) is 2.69. The zero-order valence-corrected chi connectivity index (χ0v) is 11.9. The van der Waals surface area contributed by atoms with E-state index in [2.05, 4.69) is 31.0 Å². The van der Waals surface area contributed by atoms with Crippen molar-refractivity contribution in [3.8, 4) is 0 Å². The van der Waals surface area contributed by atoms with Crippen molar-refractivity contribution in [2.24, 2.45) is 10.9 Å². The Labute approximate surface area is 119 Å². The number of nitrogens with zero attached hydrogens (tertiary/aromatic N) is 1. The Bertz CT molecular complexity index is 578. The van der Waals surface area contributed by atoms with Gasteiger partial charge in [-0.2, -0.15) is 0 Å². The van der Waals surface area contributed by atoms with Gasteiger partial charge >= 0.3 is 5.97 Å². The molecule has 0 radical (unpaired) electrons. The summed E-state index contributed by atoms with van der Waals surface area (Å²) in [6.45, 7) is 4.33. The van der Waals surface area contributed by atoms with Gasteiger partial charge in [-0.15, -0.1) is 0 Å². The van der Waals surface area contributed by atoms with Crippen molar-refractivity contribution in [1.29, 1.82) is 0 Å². The van der Waals surface area contributed by atoms with Gasteiger partial charge in [0.15, 0.2) is 5.70 Å². The molecule has 1 aliphatic heterocycles. The molecule has 3 nitrogen and oxygen atoms in total. The van der Waals surface area contributed by atoms with Crippen LogP contribution in [0.25, 0.3) is 6.08 Å². The molecule has 1 aliphatic carbocycles. The van der Waals surface area contributed by atoms with Gasteiger partial charge in [0.25, 0.3) is 0 Å². The molecule has 3 rings (SSSR count). The number of aliphatic imine (C=N–C) groups is 1. The molecule has 0 bridgehead atoms. The van der Waals surface area contributed by atoms with Gasteiger partial charge in [-0.3, -0.25) is 0 Å². The van der Waals surface area contributed by atoms with Crippen molar-refractivity contribution in [2.45, 2.75) is 39.0 Å². The zero-order chi connectivity index (χ0) is 14.1. The Morgan fingerprint density at radius 3 is 2.50 bits per heavy atom. The fourth-order valence-electron chi connectivity index (χ4n) is 2.39. The summed E-state index contributed by atoms with van der Waals surface area (Å²) in [4.78, 5) is 16.2. The fraction of sp³-hybridized carbons (Fsp3) is 0.412. The first-order valence-corrected chi connectivity index (χ1v) is 7.26. The first kappa shape index (κ1) is 13.1. The predicted octanol–water partition coefficient (Wildman–Crippen LogP) is 3.91. The van der Waals surface area contributed by atoms with Gasteiger partial charge in [-0.1, -0.05) is 44.5 Å². The van der Waals surface area contributed by atoms with Crippen LogP contribution in [0.3, 0.4) is 0 Å². The second-order valence-corrected chi connectivity index (χ2v) is 5.82. The average molecular weight is 269 g/mol. The highest BCUT2D eigenvalue weighted by molar-refractivity contribution is 6.07. The minimum Gasteiger partial charge on any atom is -0.406 e. The quantitative estimate of drug-likeness (QED) is 0.616. The molecule has 1 aromatic rings. The summed E-state index contributed by atoms with van der Waals surface area (Å²) in [7, 11) is 0.